The highest BCUT2D eigenvalue weighted by Gasteiger charge is 2.21. The van der Waals surface area contributed by atoms with Crippen LogP contribution in [0.3, 0.4) is 0 Å². The van der Waals surface area contributed by atoms with E-state index in [1.54, 1.807) is 55.6 Å². The highest BCUT2D eigenvalue weighted by Crippen LogP contribution is 2.18. The van der Waals surface area contributed by atoms with Crippen LogP contribution in [0, 0.1) is 0 Å². The topological polar surface area (TPSA) is 92.8 Å². The lowest BCUT2D eigenvalue weighted by Crippen LogP contribution is -2.44. The van der Waals surface area contributed by atoms with Gasteiger partial charge in [-0.2, -0.15) is 0 Å². The summed E-state index contributed by atoms with van der Waals surface area (Å²) >= 11 is 0. The zero-order valence-corrected chi connectivity index (χ0v) is 19.8. The number of pyridine rings is 1. The van der Waals surface area contributed by atoms with Gasteiger partial charge in [0.2, 0.25) is 0 Å². The van der Waals surface area contributed by atoms with Crippen molar-refractivity contribution in [3.05, 3.63) is 84.2 Å². The zero-order chi connectivity index (χ0) is 24.5. The third-order valence-electron chi connectivity index (χ3n) is 5.87. The molecule has 8 heteroatoms. The van der Waals surface area contributed by atoms with Gasteiger partial charge in [0, 0.05) is 49.2 Å². The number of rotatable bonds is 9. The summed E-state index contributed by atoms with van der Waals surface area (Å²) < 4.78 is 10.7. The Labute approximate surface area is 205 Å². The molecule has 182 valence electrons. The molecule has 0 aliphatic carbocycles. The molecule has 1 aromatic heterocycles. The molecule has 0 radical (unpaired) electrons. The molecular weight excluding hydrogens is 444 g/mol. The zero-order valence-electron chi connectivity index (χ0n) is 19.8. The number of nitrogens with one attached hydrogen (secondary N) is 2. The predicted molar refractivity (Wildman–Crippen MR) is 134 cm³/mol. The van der Waals surface area contributed by atoms with Crippen LogP contribution < -0.4 is 20.1 Å². The van der Waals surface area contributed by atoms with Gasteiger partial charge in [0.1, 0.15) is 11.5 Å². The number of hydrogen-bond acceptors (Lipinski definition) is 6. The molecule has 1 saturated heterocycles. The molecule has 3 aromatic rings. The molecule has 1 aliphatic rings. The van der Waals surface area contributed by atoms with Crippen molar-refractivity contribution in [2.24, 2.45) is 0 Å². The fourth-order valence-corrected chi connectivity index (χ4v) is 3.97. The molecule has 4 rings (SSSR count). The van der Waals surface area contributed by atoms with Crippen LogP contribution in [0.15, 0.2) is 72.9 Å². The fourth-order valence-electron chi connectivity index (χ4n) is 3.97. The summed E-state index contributed by atoms with van der Waals surface area (Å²) in [5, 5.41) is 5.89. The highest BCUT2D eigenvalue weighted by atomic mass is 16.5. The molecule has 0 spiro atoms. The first kappa shape index (κ1) is 24.2. The Morgan fingerprint density at radius 2 is 1.80 bits per heavy atom. The number of piperidine rings is 1. The van der Waals surface area contributed by atoms with E-state index in [0.717, 1.165) is 38.2 Å². The SMILES string of the molecule is COc1cccc(NC(=O)COc2ccc(C(=O)NC3CCN(Cc4ccccn4)CC3)cc2)c1. The van der Waals surface area contributed by atoms with Crippen molar-refractivity contribution in [3.63, 3.8) is 0 Å². The Morgan fingerprint density at radius 1 is 1.00 bits per heavy atom. The van der Waals surface area contributed by atoms with Crippen LogP contribution in [0.4, 0.5) is 5.69 Å². The van der Waals surface area contributed by atoms with Crippen LogP contribution in [-0.4, -0.2) is 54.5 Å². The fraction of sp³-hybridized carbons (Fsp3) is 0.296. The molecular formula is C27H30N4O4. The first-order chi connectivity index (χ1) is 17.1. The van der Waals surface area contributed by atoms with Gasteiger partial charge in [-0.3, -0.25) is 19.5 Å². The third kappa shape index (κ3) is 7.28. The number of benzene rings is 2. The van der Waals surface area contributed by atoms with Crippen LogP contribution >= 0.6 is 0 Å². The maximum absolute atomic E-state index is 12.7. The van der Waals surface area contributed by atoms with Crippen LogP contribution in [0.1, 0.15) is 28.9 Å². The van der Waals surface area contributed by atoms with Gasteiger partial charge in [-0.25, -0.2) is 0 Å². The van der Waals surface area contributed by atoms with Crippen molar-refractivity contribution in [2.75, 3.05) is 32.1 Å². The lowest BCUT2D eigenvalue weighted by Gasteiger charge is -2.32. The number of aromatic nitrogens is 1. The number of methoxy groups -OCH3 is 1. The standard InChI is InChI=1S/C27H30N4O4/c1-34-25-7-4-6-22(17-25)29-26(32)19-35-24-10-8-20(9-11-24)27(33)30-21-12-15-31(16-13-21)18-23-5-2-3-14-28-23/h2-11,14,17,21H,12-13,15-16,18-19H2,1H3,(H,29,32)(H,30,33). The summed E-state index contributed by atoms with van der Waals surface area (Å²) in [6, 6.07) is 20.0. The number of carbonyl (C=O) groups excluding carboxylic acids is 2. The summed E-state index contributed by atoms with van der Waals surface area (Å²) in [6.45, 7) is 2.54. The summed E-state index contributed by atoms with van der Waals surface area (Å²) in [5.74, 6) is 0.794. The second kappa shape index (κ2) is 12.0. The van der Waals surface area contributed by atoms with E-state index in [4.69, 9.17) is 9.47 Å². The summed E-state index contributed by atoms with van der Waals surface area (Å²) in [6.07, 6.45) is 3.63. The number of amides is 2. The van der Waals surface area contributed by atoms with E-state index in [1.165, 1.54) is 0 Å². The van der Waals surface area contributed by atoms with Gasteiger partial charge in [-0.15, -0.1) is 0 Å². The Kier molecular flexibility index (Phi) is 8.30. The third-order valence-corrected chi connectivity index (χ3v) is 5.87. The van der Waals surface area contributed by atoms with E-state index in [2.05, 4.69) is 20.5 Å². The predicted octanol–water partition coefficient (Wildman–Crippen LogP) is 3.50. The molecule has 0 saturated carbocycles. The molecule has 35 heavy (non-hydrogen) atoms. The first-order valence-electron chi connectivity index (χ1n) is 11.7. The van der Waals surface area contributed by atoms with E-state index in [0.29, 0.717) is 22.7 Å². The molecule has 0 unspecified atom stereocenters. The van der Waals surface area contributed by atoms with Crippen molar-refractivity contribution < 1.29 is 19.1 Å². The van der Waals surface area contributed by atoms with Crippen molar-refractivity contribution in [1.29, 1.82) is 0 Å². The van der Waals surface area contributed by atoms with Gasteiger partial charge < -0.3 is 20.1 Å². The van der Waals surface area contributed by atoms with Crippen LogP contribution in [-0.2, 0) is 11.3 Å². The molecule has 2 aromatic carbocycles. The molecule has 8 nitrogen and oxygen atoms in total. The highest BCUT2D eigenvalue weighted by molar-refractivity contribution is 5.94. The smallest absolute Gasteiger partial charge is 0.262 e. The van der Waals surface area contributed by atoms with E-state index in [-0.39, 0.29) is 24.5 Å². The van der Waals surface area contributed by atoms with Crippen LogP contribution in [0.2, 0.25) is 0 Å². The number of nitrogens with zero attached hydrogens (tertiary/aromatic N) is 2. The first-order valence-corrected chi connectivity index (χ1v) is 11.7. The summed E-state index contributed by atoms with van der Waals surface area (Å²) in [4.78, 5) is 31.6. The molecule has 0 atom stereocenters. The largest absolute Gasteiger partial charge is 0.497 e. The van der Waals surface area contributed by atoms with E-state index in [9.17, 15) is 9.59 Å². The van der Waals surface area contributed by atoms with Gasteiger partial charge in [0.25, 0.3) is 11.8 Å². The Bertz CT molecular complexity index is 1110. The minimum absolute atomic E-state index is 0.101. The molecule has 1 aliphatic heterocycles. The Balaban J connectivity index is 1.19. The van der Waals surface area contributed by atoms with Gasteiger partial charge >= 0.3 is 0 Å². The van der Waals surface area contributed by atoms with E-state index >= 15 is 0 Å². The normalized spacial score (nSPS) is 14.2. The number of ether oxygens (including phenoxy) is 2. The average Bonchev–Trinajstić information content (AvgIpc) is 2.89. The summed E-state index contributed by atoms with van der Waals surface area (Å²) in [7, 11) is 1.57. The minimum Gasteiger partial charge on any atom is -0.497 e. The van der Waals surface area contributed by atoms with E-state index in [1.807, 2.05) is 24.4 Å². The van der Waals surface area contributed by atoms with Crippen molar-refractivity contribution in [1.82, 2.24) is 15.2 Å². The van der Waals surface area contributed by atoms with Gasteiger partial charge in [0.05, 0.1) is 12.8 Å². The maximum Gasteiger partial charge on any atom is 0.262 e. The van der Waals surface area contributed by atoms with Gasteiger partial charge in [0.15, 0.2) is 6.61 Å². The summed E-state index contributed by atoms with van der Waals surface area (Å²) in [5.41, 5.74) is 2.26. The molecule has 2 heterocycles. The maximum atomic E-state index is 12.7. The molecule has 2 amide bonds. The lowest BCUT2D eigenvalue weighted by atomic mass is 10.0. The molecule has 1 fully saturated rings. The Morgan fingerprint density at radius 3 is 2.51 bits per heavy atom. The monoisotopic (exact) mass is 474 g/mol. The Hall–Kier alpha value is -3.91. The quantitative estimate of drug-likeness (QED) is 0.493. The average molecular weight is 475 g/mol. The number of carbonyl (C=O) groups is 2. The van der Waals surface area contributed by atoms with E-state index < -0.39 is 0 Å². The number of likely N-dealkylation sites (tertiary alicyclic amines) is 1. The lowest BCUT2D eigenvalue weighted by molar-refractivity contribution is -0.118. The molecule has 2 N–H and O–H groups in total. The van der Waals surface area contributed by atoms with Gasteiger partial charge in [-0.1, -0.05) is 12.1 Å². The van der Waals surface area contributed by atoms with Crippen LogP contribution in [0.5, 0.6) is 11.5 Å². The van der Waals surface area contributed by atoms with Crippen LogP contribution in [0.25, 0.3) is 0 Å². The second-order valence-corrected chi connectivity index (χ2v) is 8.44. The molecule has 0 bridgehead atoms. The second-order valence-electron chi connectivity index (χ2n) is 8.44. The number of anilines is 1. The van der Waals surface area contributed by atoms with Gasteiger partial charge in [-0.05, 0) is 61.4 Å². The van der Waals surface area contributed by atoms with Crippen molar-refractivity contribution in [2.45, 2.75) is 25.4 Å². The van der Waals surface area contributed by atoms with Crippen molar-refractivity contribution in [3.8, 4) is 11.5 Å². The minimum atomic E-state index is -0.283. The van der Waals surface area contributed by atoms with Crippen molar-refractivity contribution >= 4 is 17.5 Å². The number of hydrogen-bond donors (Lipinski definition) is 2.